The highest BCUT2D eigenvalue weighted by atomic mass is 16.5. The van der Waals surface area contributed by atoms with Gasteiger partial charge in [0, 0.05) is 19.6 Å². The Morgan fingerprint density at radius 3 is 3.20 bits per heavy atom. The van der Waals surface area contributed by atoms with E-state index in [2.05, 4.69) is 17.1 Å². The molecule has 1 saturated heterocycles. The van der Waals surface area contributed by atoms with Gasteiger partial charge < -0.3 is 10.1 Å². The van der Waals surface area contributed by atoms with Crippen LogP contribution in [0, 0.1) is 11.3 Å². The summed E-state index contributed by atoms with van der Waals surface area (Å²) in [5.74, 6) is -0.227. The third-order valence-electron chi connectivity index (χ3n) is 2.44. The SMILES string of the molecule is CCN1CCOC(CNC(=O)CC#N)C1. The molecule has 15 heavy (non-hydrogen) atoms. The van der Waals surface area contributed by atoms with Crippen molar-refractivity contribution < 1.29 is 9.53 Å². The van der Waals surface area contributed by atoms with E-state index in [-0.39, 0.29) is 18.4 Å². The summed E-state index contributed by atoms with van der Waals surface area (Å²) in [4.78, 5) is 13.3. The molecule has 1 atom stereocenters. The van der Waals surface area contributed by atoms with Crippen molar-refractivity contribution in [3.8, 4) is 6.07 Å². The lowest BCUT2D eigenvalue weighted by Gasteiger charge is -2.32. The first-order chi connectivity index (χ1) is 7.26. The number of nitrogens with one attached hydrogen (secondary N) is 1. The Morgan fingerprint density at radius 2 is 2.53 bits per heavy atom. The maximum atomic E-state index is 11.0. The normalized spacial score (nSPS) is 22.0. The van der Waals surface area contributed by atoms with E-state index in [4.69, 9.17) is 10.00 Å². The number of likely N-dealkylation sites (N-methyl/N-ethyl adjacent to an activating group) is 1. The molecule has 0 radical (unpaired) electrons. The molecule has 5 nitrogen and oxygen atoms in total. The lowest BCUT2D eigenvalue weighted by molar-refractivity contribution is -0.121. The Kier molecular flexibility index (Phi) is 5.08. The quantitative estimate of drug-likeness (QED) is 0.695. The Hall–Kier alpha value is -1.12. The van der Waals surface area contributed by atoms with Gasteiger partial charge in [-0.05, 0) is 6.54 Å². The number of carbonyl (C=O) groups excluding carboxylic acids is 1. The van der Waals surface area contributed by atoms with E-state index in [1.807, 2.05) is 6.07 Å². The van der Waals surface area contributed by atoms with Gasteiger partial charge in [-0.1, -0.05) is 6.92 Å². The van der Waals surface area contributed by atoms with Gasteiger partial charge in [0.1, 0.15) is 6.42 Å². The van der Waals surface area contributed by atoms with E-state index in [0.29, 0.717) is 13.2 Å². The summed E-state index contributed by atoms with van der Waals surface area (Å²) >= 11 is 0. The summed E-state index contributed by atoms with van der Waals surface area (Å²) in [6.07, 6.45) is -0.0224. The van der Waals surface area contributed by atoms with Crippen LogP contribution in [0.25, 0.3) is 0 Å². The summed E-state index contributed by atoms with van der Waals surface area (Å²) in [7, 11) is 0. The van der Waals surface area contributed by atoms with E-state index < -0.39 is 0 Å². The summed E-state index contributed by atoms with van der Waals surface area (Å²) in [5, 5.41) is 11.0. The number of hydrogen-bond acceptors (Lipinski definition) is 4. The van der Waals surface area contributed by atoms with Crippen molar-refractivity contribution in [3.63, 3.8) is 0 Å². The topological polar surface area (TPSA) is 65.4 Å². The van der Waals surface area contributed by atoms with Crippen LogP contribution in [0.4, 0.5) is 0 Å². The molecule has 84 valence electrons. The smallest absolute Gasteiger partial charge is 0.234 e. The van der Waals surface area contributed by atoms with Crippen LogP contribution in [0.2, 0.25) is 0 Å². The van der Waals surface area contributed by atoms with Gasteiger partial charge in [0.25, 0.3) is 0 Å². The first kappa shape index (κ1) is 12.0. The molecule has 0 saturated carbocycles. The number of ether oxygens (including phenoxy) is 1. The Bertz CT molecular complexity index is 250. The minimum atomic E-state index is -0.227. The van der Waals surface area contributed by atoms with Crippen LogP contribution in [0.1, 0.15) is 13.3 Å². The van der Waals surface area contributed by atoms with Crippen LogP contribution in [-0.2, 0) is 9.53 Å². The summed E-state index contributed by atoms with van der Waals surface area (Å²) in [6, 6.07) is 1.81. The van der Waals surface area contributed by atoms with Crippen molar-refractivity contribution in [2.75, 3.05) is 32.8 Å². The predicted octanol–water partition coefficient (Wildman–Crippen LogP) is -0.263. The lowest BCUT2D eigenvalue weighted by atomic mass is 10.2. The molecular formula is C10H17N3O2. The number of morpholine rings is 1. The van der Waals surface area contributed by atoms with Crippen molar-refractivity contribution in [1.29, 1.82) is 5.26 Å². The number of amides is 1. The van der Waals surface area contributed by atoms with Crippen LogP contribution in [0.15, 0.2) is 0 Å². The van der Waals surface area contributed by atoms with Gasteiger partial charge in [0.05, 0.1) is 18.8 Å². The summed E-state index contributed by atoms with van der Waals surface area (Å²) in [5.41, 5.74) is 0. The van der Waals surface area contributed by atoms with Crippen LogP contribution >= 0.6 is 0 Å². The molecule has 1 aliphatic rings. The van der Waals surface area contributed by atoms with Gasteiger partial charge in [-0.3, -0.25) is 9.69 Å². The fourth-order valence-electron chi connectivity index (χ4n) is 1.55. The minimum absolute atomic E-state index is 0.0568. The molecule has 0 aromatic rings. The van der Waals surface area contributed by atoms with Gasteiger partial charge in [-0.2, -0.15) is 5.26 Å². The maximum absolute atomic E-state index is 11.0. The second-order valence-corrected chi connectivity index (χ2v) is 3.52. The van der Waals surface area contributed by atoms with E-state index in [1.165, 1.54) is 0 Å². The van der Waals surface area contributed by atoms with Gasteiger partial charge >= 0.3 is 0 Å². The third-order valence-corrected chi connectivity index (χ3v) is 2.44. The average Bonchev–Trinajstić information content (AvgIpc) is 2.27. The van der Waals surface area contributed by atoms with Crippen molar-refractivity contribution in [3.05, 3.63) is 0 Å². The molecule has 1 amide bonds. The first-order valence-corrected chi connectivity index (χ1v) is 5.24. The second kappa shape index (κ2) is 6.38. The largest absolute Gasteiger partial charge is 0.374 e. The zero-order valence-electron chi connectivity index (χ0n) is 9.03. The van der Waals surface area contributed by atoms with Gasteiger partial charge in [-0.25, -0.2) is 0 Å². The van der Waals surface area contributed by atoms with Crippen LogP contribution < -0.4 is 5.32 Å². The zero-order chi connectivity index (χ0) is 11.1. The molecule has 1 N–H and O–H groups in total. The van der Waals surface area contributed by atoms with Crippen molar-refractivity contribution >= 4 is 5.91 Å². The Labute approximate surface area is 90.0 Å². The van der Waals surface area contributed by atoms with Gasteiger partial charge in [-0.15, -0.1) is 0 Å². The van der Waals surface area contributed by atoms with Crippen LogP contribution in [0.5, 0.6) is 0 Å². The number of nitriles is 1. The molecule has 1 aliphatic heterocycles. The number of rotatable bonds is 4. The molecule has 1 fully saturated rings. The standard InChI is InChI=1S/C10H17N3O2/c1-2-13-5-6-15-9(8-13)7-12-10(14)3-4-11/h9H,2-3,5-8H2,1H3,(H,12,14). The molecule has 0 aliphatic carbocycles. The van der Waals surface area contributed by atoms with Crippen molar-refractivity contribution in [2.24, 2.45) is 0 Å². The molecule has 1 heterocycles. The number of nitrogens with zero attached hydrogens (tertiary/aromatic N) is 2. The number of carbonyl (C=O) groups is 1. The zero-order valence-corrected chi connectivity index (χ0v) is 9.03. The fraction of sp³-hybridized carbons (Fsp3) is 0.800. The molecule has 1 unspecified atom stereocenters. The van der Waals surface area contributed by atoms with Crippen molar-refractivity contribution in [1.82, 2.24) is 10.2 Å². The Morgan fingerprint density at radius 1 is 1.73 bits per heavy atom. The number of hydrogen-bond donors (Lipinski definition) is 1. The van der Waals surface area contributed by atoms with E-state index in [0.717, 1.165) is 19.6 Å². The van der Waals surface area contributed by atoms with E-state index in [1.54, 1.807) is 0 Å². The predicted molar refractivity (Wildman–Crippen MR) is 55.1 cm³/mol. The van der Waals surface area contributed by atoms with Crippen molar-refractivity contribution in [2.45, 2.75) is 19.4 Å². The Balaban J connectivity index is 2.21. The highest BCUT2D eigenvalue weighted by Gasteiger charge is 2.19. The third kappa shape index (κ3) is 4.28. The second-order valence-electron chi connectivity index (χ2n) is 3.52. The van der Waals surface area contributed by atoms with Gasteiger partial charge in [0.2, 0.25) is 5.91 Å². The fourth-order valence-corrected chi connectivity index (χ4v) is 1.55. The lowest BCUT2D eigenvalue weighted by Crippen LogP contribution is -2.47. The highest BCUT2D eigenvalue weighted by Crippen LogP contribution is 2.03. The molecule has 1 rings (SSSR count). The first-order valence-electron chi connectivity index (χ1n) is 5.24. The summed E-state index contributed by atoms with van der Waals surface area (Å²) < 4.78 is 5.50. The molecular weight excluding hydrogens is 194 g/mol. The average molecular weight is 211 g/mol. The molecule has 0 spiro atoms. The summed E-state index contributed by atoms with van der Waals surface area (Å²) in [6.45, 7) is 6.13. The highest BCUT2D eigenvalue weighted by molar-refractivity contribution is 5.77. The maximum Gasteiger partial charge on any atom is 0.234 e. The molecule has 0 aromatic heterocycles. The van der Waals surface area contributed by atoms with Crippen LogP contribution in [0.3, 0.4) is 0 Å². The van der Waals surface area contributed by atoms with E-state index in [9.17, 15) is 4.79 Å². The van der Waals surface area contributed by atoms with E-state index >= 15 is 0 Å². The monoisotopic (exact) mass is 211 g/mol. The molecule has 0 bridgehead atoms. The molecule has 0 aromatic carbocycles. The van der Waals surface area contributed by atoms with Crippen LogP contribution in [-0.4, -0.2) is 49.7 Å². The minimum Gasteiger partial charge on any atom is -0.374 e. The molecule has 5 heteroatoms. The van der Waals surface area contributed by atoms with Gasteiger partial charge in [0.15, 0.2) is 0 Å².